The van der Waals surface area contributed by atoms with Crippen molar-refractivity contribution in [2.24, 2.45) is 5.92 Å². The van der Waals surface area contributed by atoms with Crippen molar-refractivity contribution in [3.63, 3.8) is 0 Å². The summed E-state index contributed by atoms with van der Waals surface area (Å²) < 4.78 is 0. The van der Waals surface area contributed by atoms with Crippen LogP contribution in [0.1, 0.15) is 59.1 Å². The average Bonchev–Trinajstić information content (AvgIpc) is 3.43. The molecule has 1 amide bonds. The Balaban J connectivity index is 1.45. The number of hydrogen-bond donors (Lipinski definition) is 2. The molecule has 0 spiro atoms. The molecule has 2 N–H and O–H groups in total. The molecule has 2 aromatic rings. The van der Waals surface area contributed by atoms with Gasteiger partial charge in [-0.05, 0) is 49.3 Å². The van der Waals surface area contributed by atoms with Gasteiger partial charge in [0.25, 0.3) is 0 Å². The van der Waals surface area contributed by atoms with Gasteiger partial charge in [-0.2, -0.15) is 0 Å². The van der Waals surface area contributed by atoms with Crippen LogP contribution in [0.5, 0.6) is 0 Å². The Kier molecular flexibility index (Phi) is 9.29. The van der Waals surface area contributed by atoms with E-state index in [0.29, 0.717) is 17.8 Å². The van der Waals surface area contributed by atoms with E-state index in [0.717, 1.165) is 43.4 Å². The van der Waals surface area contributed by atoms with Gasteiger partial charge in [-0.3, -0.25) is 4.79 Å². The maximum atomic E-state index is 12.3. The summed E-state index contributed by atoms with van der Waals surface area (Å²) in [6.07, 6.45) is 8.60. The number of aliphatic hydroxyl groups excluding tert-OH is 1. The fourth-order valence-electron chi connectivity index (χ4n) is 3.94. The van der Waals surface area contributed by atoms with Crippen molar-refractivity contribution in [1.29, 1.82) is 0 Å². The molecule has 0 unspecified atom stereocenters. The fourth-order valence-corrected chi connectivity index (χ4v) is 4.66. The molecule has 2 heterocycles. The lowest BCUT2D eigenvalue weighted by atomic mass is 9.95. The predicted octanol–water partition coefficient (Wildman–Crippen LogP) is 4.76. The van der Waals surface area contributed by atoms with Gasteiger partial charge in [-0.1, -0.05) is 67.7 Å². The minimum atomic E-state index is -0.961. The van der Waals surface area contributed by atoms with Crippen LogP contribution in [0.4, 0.5) is 0 Å². The number of aryl methyl sites for hydroxylation is 1. The number of aliphatic hydroxyl groups is 1. The number of carboxylic acids is 1. The van der Waals surface area contributed by atoms with Crippen LogP contribution in [0.15, 0.2) is 54.6 Å². The Hall–Kier alpha value is -2.88. The second-order valence-electron chi connectivity index (χ2n) is 8.48. The number of amides is 1. The molecule has 1 aliphatic rings. The lowest BCUT2D eigenvalue weighted by Crippen LogP contribution is -2.32. The van der Waals surface area contributed by atoms with Gasteiger partial charge in [0, 0.05) is 6.42 Å². The summed E-state index contributed by atoms with van der Waals surface area (Å²) in [7, 11) is 0. The Morgan fingerprint density at radius 1 is 1.24 bits per heavy atom. The second-order valence-corrected chi connectivity index (χ2v) is 9.57. The first-order chi connectivity index (χ1) is 15.9. The molecule has 0 aliphatic carbocycles. The van der Waals surface area contributed by atoms with Gasteiger partial charge < -0.3 is 15.1 Å². The first kappa shape index (κ1) is 24.8. The van der Waals surface area contributed by atoms with E-state index in [-0.39, 0.29) is 22.7 Å². The van der Waals surface area contributed by atoms with E-state index in [2.05, 4.69) is 43.0 Å². The van der Waals surface area contributed by atoms with Gasteiger partial charge in [0.1, 0.15) is 4.88 Å². The molecular weight excluding hydrogens is 434 g/mol. The van der Waals surface area contributed by atoms with Crippen LogP contribution in [0.25, 0.3) is 0 Å². The van der Waals surface area contributed by atoms with Crippen molar-refractivity contribution < 1.29 is 19.8 Å². The summed E-state index contributed by atoms with van der Waals surface area (Å²) >= 11 is 1.13. The van der Waals surface area contributed by atoms with Crippen molar-refractivity contribution in [3.05, 3.63) is 69.9 Å². The van der Waals surface area contributed by atoms with E-state index in [1.54, 1.807) is 11.0 Å². The standard InChI is InChI=1S/C27H31NO4S/c1-20(8-5-6-11-21-9-3-2-4-10-21)24(29)16-13-22-14-18-26(30)28(22)19-7-12-23-15-17-25(33-23)27(31)32/h2-4,9-10,13,15-17,20,22,24,29H,5-6,8,11,14,18-19H2,1H3,(H,31,32)/t20-,22-,24-/m0/s1. The highest BCUT2D eigenvalue weighted by Gasteiger charge is 2.28. The quantitative estimate of drug-likeness (QED) is 0.301. The topological polar surface area (TPSA) is 77.8 Å². The molecule has 0 bridgehead atoms. The molecule has 0 saturated carbocycles. The number of carbonyl (C=O) groups excluding carboxylic acids is 1. The van der Waals surface area contributed by atoms with Crippen LogP contribution < -0.4 is 0 Å². The molecule has 0 radical (unpaired) electrons. The number of nitrogens with zero attached hydrogens (tertiary/aromatic N) is 1. The van der Waals surface area contributed by atoms with E-state index in [1.165, 1.54) is 11.6 Å². The van der Waals surface area contributed by atoms with Gasteiger partial charge in [-0.15, -0.1) is 11.3 Å². The monoisotopic (exact) mass is 465 g/mol. The summed E-state index contributed by atoms with van der Waals surface area (Å²) in [5.74, 6) is 5.19. The number of aromatic carboxylic acids is 1. The maximum absolute atomic E-state index is 12.3. The molecule has 1 saturated heterocycles. The molecule has 6 heteroatoms. The van der Waals surface area contributed by atoms with Crippen molar-refractivity contribution >= 4 is 23.2 Å². The number of hydrogen-bond acceptors (Lipinski definition) is 4. The maximum Gasteiger partial charge on any atom is 0.345 e. The SMILES string of the molecule is C[C@@H](CCCCc1ccccc1)[C@@H](O)C=C[C@H]1CCC(=O)N1CC#Cc1ccc(C(=O)O)s1. The lowest BCUT2D eigenvalue weighted by Gasteiger charge is -2.21. The first-order valence-corrected chi connectivity index (χ1v) is 12.3. The molecule has 5 nitrogen and oxygen atoms in total. The molecule has 1 aliphatic heterocycles. The van der Waals surface area contributed by atoms with Gasteiger partial charge in [0.15, 0.2) is 0 Å². The molecule has 1 aromatic carbocycles. The largest absolute Gasteiger partial charge is 0.477 e. The molecule has 3 atom stereocenters. The highest BCUT2D eigenvalue weighted by molar-refractivity contribution is 7.14. The molecule has 33 heavy (non-hydrogen) atoms. The summed E-state index contributed by atoms with van der Waals surface area (Å²) in [6, 6.07) is 13.6. The molecule has 3 rings (SSSR count). The van der Waals surface area contributed by atoms with E-state index in [4.69, 9.17) is 5.11 Å². The minimum Gasteiger partial charge on any atom is -0.477 e. The highest BCUT2D eigenvalue weighted by atomic mass is 32.1. The van der Waals surface area contributed by atoms with Crippen LogP contribution in [0.3, 0.4) is 0 Å². The number of unbranched alkanes of at least 4 members (excludes halogenated alkanes) is 1. The third-order valence-corrected chi connectivity index (χ3v) is 6.97. The minimum absolute atomic E-state index is 0.0554. The number of benzene rings is 1. The number of rotatable bonds is 10. The summed E-state index contributed by atoms with van der Waals surface area (Å²) in [5, 5.41) is 19.6. The zero-order valence-corrected chi connectivity index (χ0v) is 19.8. The van der Waals surface area contributed by atoms with Crippen LogP contribution >= 0.6 is 11.3 Å². The predicted molar refractivity (Wildman–Crippen MR) is 131 cm³/mol. The zero-order chi connectivity index (χ0) is 23.6. The second kappa shape index (κ2) is 12.4. The molecular formula is C27H31NO4S. The number of thiophene rings is 1. The van der Waals surface area contributed by atoms with Crippen molar-refractivity contribution in [3.8, 4) is 11.8 Å². The van der Waals surface area contributed by atoms with Crippen molar-refractivity contribution in [1.82, 2.24) is 4.90 Å². The normalized spacial score (nSPS) is 17.7. The van der Waals surface area contributed by atoms with Gasteiger partial charge in [0.2, 0.25) is 5.91 Å². The zero-order valence-electron chi connectivity index (χ0n) is 18.9. The average molecular weight is 466 g/mol. The summed E-state index contributed by atoms with van der Waals surface area (Å²) in [4.78, 5) is 25.9. The molecule has 1 fully saturated rings. The van der Waals surface area contributed by atoms with Crippen molar-refractivity contribution in [2.45, 2.75) is 57.6 Å². The van der Waals surface area contributed by atoms with E-state index in [9.17, 15) is 14.7 Å². The van der Waals surface area contributed by atoms with Crippen molar-refractivity contribution in [2.75, 3.05) is 6.54 Å². The number of carbonyl (C=O) groups is 2. The van der Waals surface area contributed by atoms with E-state index >= 15 is 0 Å². The van der Waals surface area contributed by atoms with Crippen LogP contribution in [0.2, 0.25) is 0 Å². The van der Waals surface area contributed by atoms with Crippen LogP contribution in [0, 0.1) is 17.8 Å². The first-order valence-electron chi connectivity index (χ1n) is 11.5. The molecule has 174 valence electrons. The highest BCUT2D eigenvalue weighted by Crippen LogP contribution is 2.21. The van der Waals surface area contributed by atoms with Gasteiger partial charge >= 0.3 is 5.97 Å². The third kappa shape index (κ3) is 7.59. The Bertz CT molecular complexity index is 1020. The fraction of sp³-hybridized carbons (Fsp3) is 0.407. The Labute approximate surface area is 199 Å². The Morgan fingerprint density at radius 3 is 2.76 bits per heavy atom. The third-order valence-electron chi connectivity index (χ3n) is 5.98. The Morgan fingerprint density at radius 2 is 2.03 bits per heavy atom. The lowest BCUT2D eigenvalue weighted by molar-refractivity contribution is -0.127. The molecule has 1 aromatic heterocycles. The smallest absolute Gasteiger partial charge is 0.345 e. The van der Waals surface area contributed by atoms with Gasteiger partial charge in [0.05, 0.1) is 23.6 Å². The van der Waals surface area contributed by atoms with Gasteiger partial charge in [-0.25, -0.2) is 4.79 Å². The summed E-state index contributed by atoms with van der Waals surface area (Å²) in [5.41, 5.74) is 1.35. The van der Waals surface area contributed by atoms with E-state index < -0.39 is 12.1 Å². The van der Waals surface area contributed by atoms with E-state index in [1.807, 2.05) is 18.2 Å². The van der Waals surface area contributed by atoms with Crippen LogP contribution in [-0.2, 0) is 11.2 Å². The number of carboxylic acid groups (broad SMARTS) is 1. The van der Waals surface area contributed by atoms with Crippen LogP contribution in [-0.4, -0.2) is 45.7 Å². The summed E-state index contributed by atoms with van der Waals surface area (Å²) in [6.45, 7) is 2.35. The number of likely N-dealkylation sites (tertiary alicyclic amines) is 1.